The third-order valence-corrected chi connectivity index (χ3v) is 11.8. The summed E-state index contributed by atoms with van der Waals surface area (Å²) in [6.45, 7) is 0. The van der Waals surface area contributed by atoms with Crippen molar-refractivity contribution in [1.29, 1.82) is 0 Å². The first-order chi connectivity index (χ1) is 24.5. The molecule has 0 radical (unpaired) electrons. The molecule has 0 aliphatic heterocycles. The second-order valence-electron chi connectivity index (χ2n) is 11.9. The van der Waals surface area contributed by atoms with Gasteiger partial charge in [-0.1, -0.05) is 109 Å². The van der Waals surface area contributed by atoms with Gasteiger partial charge < -0.3 is 4.57 Å². The van der Waals surface area contributed by atoms with Crippen LogP contribution < -0.4 is 15.9 Å². The summed E-state index contributed by atoms with van der Waals surface area (Å²) in [7, 11) is -3.19. The number of benzene rings is 7. The highest BCUT2D eigenvalue weighted by atomic mass is 31.2. The minimum atomic E-state index is -3.19. The summed E-state index contributed by atoms with van der Waals surface area (Å²) >= 11 is 0. The van der Waals surface area contributed by atoms with Gasteiger partial charge in [-0.05, 0) is 82.6 Å². The van der Waals surface area contributed by atoms with Crippen LogP contribution in [0.2, 0.25) is 0 Å². The average Bonchev–Trinajstić information content (AvgIpc) is 3.18. The Hall–Kier alpha value is -6.10. The van der Waals surface area contributed by atoms with E-state index in [0.29, 0.717) is 28.6 Å². The molecule has 0 spiro atoms. The molecule has 0 aliphatic rings. The molecular weight excluding hydrogens is 643 g/mol. The second kappa shape index (κ2) is 13.1. The summed E-state index contributed by atoms with van der Waals surface area (Å²) < 4.78 is 42.9. The van der Waals surface area contributed by atoms with E-state index in [-0.39, 0.29) is 11.6 Å². The minimum Gasteiger partial charge on any atom is -0.309 e. The first kappa shape index (κ1) is 31.2. The van der Waals surface area contributed by atoms with Gasteiger partial charge in [-0.2, -0.15) is 0 Å². The number of rotatable bonds is 7. The van der Waals surface area contributed by atoms with E-state index in [1.54, 1.807) is 24.3 Å². The van der Waals surface area contributed by atoms with Crippen LogP contribution in [-0.4, -0.2) is 15.0 Å². The van der Waals surface area contributed by atoms with Gasteiger partial charge in [0.1, 0.15) is 11.6 Å². The Morgan fingerprint density at radius 3 is 1.36 bits per heavy atom. The molecule has 0 saturated heterocycles. The summed E-state index contributed by atoms with van der Waals surface area (Å²) in [5, 5.41) is 4.15. The Bertz CT molecular complexity index is 2420. The zero-order chi connectivity index (χ0) is 34.1. The SMILES string of the molecule is O=P(c1ccccc1)(c1ccccc1)c1cccc(-c2ccc(-c3nc(-c4ccc(F)cc4)nc(-c4ccc(F)cc4)n3)c3ccccc23)c1. The van der Waals surface area contributed by atoms with E-state index in [2.05, 4.69) is 6.07 Å². The van der Waals surface area contributed by atoms with Gasteiger partial charge in [-0.15, -0.1) is 0 Å². The van der Waals surface area contributed by atoms with E-state index in [1.807, 2.05) is 115 Å². The molecule has 1 heterocycles. The predicted octanol–water partition coefficient (Wildman–Crippen LogP) is 9.61. The first-order valence-electron chi connectivity index (χ1n) is 16.1. The largest absolute Gasteiger partial charge is 0.309 e. The number of hydrogen-bond acceptors (Lipinski definition) is 4. The molecule has 50 heavy (non-hydrogen) atoms. The summed E-state index contributed by atoms with van der Waals surface area (Å²) in [4.78, 5) is 14.4. The maximum atomic E-state index is 15.2. The lowest BCUT2D eigenvalue weighted by molar-refractivity contribution is 0.592. The highest BCUT2D eigenvalue weighted by Crippen LogP contribution is 2.44. The van der Waals surface area contributed by atoms with E-state index in [1.165, 1.54) is 24.3 Å². The van der Waals surface area contributed by atoms with Gasteiger partial charge in [-0.3, -0.25) is 0 Å². The Morgan fingerprint density at radius 2 is 0.820 bits per heavy atom. The van der Waals surface area contributed by atoms with Crippen LogP contribution in [0, 0.1) is 11.6 Å². The summed E-state index contributed by atoms with van der Waals surface area (Å²) in [6, 6.07) is 51.2. The molecule has 0 N–H and O–H groups in total. The Balaban J connectivity index is 1.29. The normalized spacial score (nSPS) is 11.5. The topological polar surface area (TPSA) is 55.7 Å². The van der Waals surface area contributed by atoms with E-state index < -0.39 is 7.14 Å². The first-order valence-corrected chi connectivity index (χ1v) is 17.8. The molecule has 0 fully saturated rings. The molecule has 7 heteroatoms. The maximum Gasteiger partial charge on any atom is 0.171 e. The van der Waals surface area contributed by atoms with Crippen molar-refractivity contribution in [1.82, 2.24) is 15.0 Å². The zero-order valence-corrected chi connectivity index (χ0v) is 27.5. The van der Waals surface area contributed by atoms with E-state index >= 15 is 4.57 Å². The molecule has 0 bridgehead atoms. The number of nitrogens with zero attached hydrogens (tertiary/aromatic N) is 3. The van der Waals surface area contributed by atoms with Crippen LogP contribution in [-0.2, 0) is 4.57 Å². The third kappa shape index (κ3) is 5.80. The zero-order valence-electron chi connectivity index (χ0n) is 26.6. The van der Waals surface area contributed by atoms with Crippen LogP contribution in [0.1, 0.15) is 0 Å². The minimum absolute atomic E-state index is 0.365. The van der Waals surface area contributed by atoms with E-state index in [4.69, 9.17) is 15.0 Å². The van der Waals surface area contributed by atoms with Gasteiger partial charge in [0.2, 0.25) is 0 Å². The lowest BCUT2D eigenvalue weighted by atomic mass is 9.94. The van der Waals surface area contributed by atoms with Crippen LogP contribution in [0.4, 0.5) is 8.78 Å². The highest BCUT2D eigenvalue weighted by Gasteiger charge is 2.30. The highest BCUT2D eigenvalue weighted by molar-refractivity contribution is 7.85. The Kier molecular flexibility index (Phi) is 8.15. The van der Waals surface area contributed by atoms with Crippen LogP contribution in [0.25, 0.3) is 56.1 Å². The lowest BCUT2D eigenvalue weighted by Crippen LogP contribution is -2.25. The lowest BCUT2D eigenvalue weighted by Gasteiger charge is -2.21. The van der Waals surface area contributed by atoms with Crippen molar-refractivity contribution in [3.63, 3.8) is 0 Å². The molecule has 0 aliphatic carbocycles. The maximum absolute atomic E-state index is 15.2. The van der Waals surface area contributed by atoms with Gasteiger partial charge in [-0.25, -0.2) is 23.7 Å². The molecule has 8 rings (SSSR count). The molecule has 240 valence electrons. The van der Waals surface area contributed by atoms with E-state index in [0.717, 1.165) is 43.4 Å². The summed E-state index contributed by atoms with van der Waals surface area (Å²) in [5.74, 6) is 0.431. The van der Waals surface area contributed by atoms with Gasteiger partial charge in [0.05, 0.1) is 0 Å². The van der Waals surface area contributed by atoms with Gasteiger partial charge >= 0.3 is 0 Å². The number of hydrogen-bond donors (Lipinski definition) is 0. The molecule has 7 aromatic carbocycles. The number of halogens is 2. The average molecular weight is 672 g/mol. The molecule has 0 amide bonds. The van der Waals surface area contributed by atoms with Crippen LogP contribution in [0.15, 0.2) is 170 Å². The van der Waals surface area contributed by atoms with Gasteiger partial charge in [0, 0.05) is 32.6 Å². The van der Waals surface area contributed by atoms with E-state index in [9.17, 15) is 8.78 Å². The smallest absolute Gasteiger partial charge is 0.171 e. The fourth-order valence-corrected chi connectivity index (χ4v) is 8.99. The standard InChI is InChI=1S/C43H28F2N3OP/c44-32-22-18-29(19-23-32)41-46-42(30-20-24-33(45)25-21-30)48-43(47-41)40-27-26-37(38-16-7-8-17-39(38)40)31-10-9-15-36(28-31)50(49,34-11-3-1-4-12-34)35-13-5-2-6-14-35/h1-28H. The van der Waals surface area contributed by atoms with Crippen molar-refractivity contribution in [3.05, 3.63) is 181 Å². The van der Waals surface area contributed by atoms with Crippen molar-refractivity contribution < 1.29 is 13.3 Å². The van der Waals surface area contributed by atoms with Crippen molar-refractivity contribution in [2.75, 3.05) is 0 Å². The predicted molar refractivity (Wildman–Crippen MR) is 198 cm³/mol. The Labute approximate surface area is 288 Å². The van der Waals surface area contributed by atoms with Crippen molar-refractivity contribution in [2.45, 2.75) is 0 Å². The van der Waals surface area contributed by atoms with Gasteiger partial charge in [0.25, 0.3) is 0 Å². The van der Waals surface area contributed by atoms with Crippen molar-refractivity contribution in [3.8, 4) is 45.3 Å². The molecule has 0 saturated carbocycles. The molecule has 0 unspecified atom stereocenters. The summed E-state index contributed by atoms with van der Waals surface area (Å²) in [6.07, 6.45) is 0. The second-order valence-corrected chi connectivity index (χ2v) is 14.6. The van der Waals surface area contributed by atoms with Crippen LogP contribution >= 0.6 is 7.14 Å². The molecule has 0 atom stereocenters. The molecule has 1 aromatic heterocycles. The number of fused-ring (bicyclic) bond motifs is 1. The fraction of sp³-hybridized carbons (Fsp3) is 0. The van der Waals surface area contributed by atoms with Crippen molar-refractivity contribution >= 4 is 33.8 Å². The third-order valence-electron chi connectivity index (χ3n) is 8.77. The number of aromatic nitrogens is 3. The van der Waals surface area contributed by atoms with Crippen molar-refractivity contribution in [2.24, 2.45) is 0 Å². The van der Waals surface area contributed by atoms with Crippen LogP contribution in [0.5, 0.6) is 0 Å². The van der Waals surface area contributed by atoms with Crippen LogP contribution in [0.3, 0.4) is 0 Å². The van der Waals surface area contributed by atoms with Gasteiger partial charge in [0.15, 0.2) is 24.6 Å². The monoisotopic (exact) mass is 671 g/mol. The summed E-state index contributed by atoms with van der Waals surface area (Å²) in [5.41, 5.74) is 3.90. The molecular formula is C43H28F2N3OP. The molecule has 8 aromatic rings. The molecule has 4 nitrogen and oxygen atoms in total. The quantitative estimate of drug-likeness (QED) is 0.158. The fourth-order valence-electron chi connectivity index (χ4n) is 6.29. The Morgan fingerprint density at radius 1 is 0.380 bits per heavy atom.